The SMILES string of the molecule is C=CCn1c(=O)n(CC(O)COC(=O)CCSSCCC(=O)OCC(O)CC(C)(CC)CC)c(=O)n(C(C)(CC)CC)c1=O. The molecule has 0 spiro atoms. The zero-order chi connectivity index (χ0) is 33.5. The Morgan fingerprint density at radius 2 is 1.30 bits per heavy atom. The number of hydrogen-bond acceptors (Lipinski definition) is 11. The highest BCUT2D eigenvalue weighted by Crippen LogP contribution is 2.31. The first-order valence-electron chi connectivity index (χ1n) is 15.2. The van der Waals surface area contributed by atoms with E-state index >= 15 is 0 Å². The molecular weight excluding hydrogens is 610 g/mol. The summed E-state index contributed by atoms with van der Waals surface area (Å²) in [7, 11) is 2.79. The summed E-state index contributed by atoms with van der Waals surface area (Å²) in [6.45, 7) is 14.2. The molecule has 0 fully saturated rings. The van der Waals surface area contributed by atoms with Crippen LogP contribution in [0, 0.1) is 5.41 Å². The standard InChI is InChI=1S/C30H51N3O9S2/c1-8-15-31-26(38)32(28(40)33(27(31)39)30(7,11-4)12-5)19-23(35)21-42-25(37)14-17-44-43-16-13-24(36)41-20-22(34)18-29(6,9-2)10-3/h8,22-23,34-35H,1,9-21H2,2-7H3. The quantitative estimate of drug-likeness (QED) is 0.0814. The van der Waals surface area contributed by atoms with Gasteiger partial charge in [0.15, 0.2) is 0 Å². The van der Waals surface area contributed by atoms with Gasteiger partial charge in [-0.3, -0.25) is 9.59 Å². The van der Waals surface area contributed by atoms with Crippen LogP contribution in [0.15, 0.2) is 27.0 Å². The van der Waals surface area contributed by atoms with E-state index in [4.69, 9.17) is 9.47 Å². The molecule has 0 aliphatic heterocycles. The zero-order valence-electron chi connectivity index (χ0n) is 27.0. The normalized spacial score (nSPS) is 13.4. The number of esters is 2. The maximum Gasteiger partial charge on any atom is 0.337 e. The van der Waals surface area contributed by atoms with Crippen molar-refractivity contribution >= 4 is 33.5 Å². The smallest absolute Gasteiger partial charge is 0.337 e. The van der Waals surface area contributed by atoms with Crippen molar-refractivity contribution in [3.8, 4) is 0 Å². The average molecular weight is 662 g/mol. The number of nitrogens with zero attached hydrogens (tertiary/aromatic N) is 3. The molecule has 2 N–H and O–H groups in total. The zero-order valence-corrected chi connectivity index (χ0v) is 28.7. The molecule has 44 heavy (non-hydrogen) atoms. The summed E-state index contributed by atoms with van der Waals surface area (Å²) in [6.07, 6.45) is 2.93. The molecule has 2 atom stereocenters. The van der Waals surface area contributed by atoms with Crippen LogP contribution in [0.3, 0.4) is 0 Å². The van der Waals surface area contributed by atoms with Crippen LogP contribution in [-0.4, -0.2) is 72.8 Å². The first-order chi connectivity index (χ1) is 20.7. The van der Waals surface area contributed by atoms with Gasteiger partial charge in [-0.05, 0) is 31.6 Å². The Labute approximate surface area is 267 Å². The minimum absolute atomic E-state index is 0.0190. The molecule has 1 heterocycles. The van der Waals surface area contributed by atoms with Gasteiger partial charge in [0.25, 0.3) is 0 Å². The van der Waals surface area contributed by atoms with Crippen molar-refractivity contribution in [2.45, 2.75) is 117 Å². The lowest BCUT2D eigenvalue weighted by Gasteiger charge is -2.29. The van der Waals surface area contributed by atoms with Crippen LogP contribution in [0.1, 0.15) is 86.5 Å². The van der Waals surface area contributed by atoms with Crippen LogP contribution >= 0.6 is 21.6 Å². The van der Waals surface area contributed by atoms with Crippen LogP contribution in [0.5, 0.6) is 0 Å². The fraction of sp³-hybridized carbons (Fsp3) is 0.767. The summed E-state index contributed by atoms with van der Waals surface area (Å²) in [5.74, 6) is -0.0733. The second kappa shape index (κ2) is 19.3. The summed E-state index contributed by atoms with van der Waals surface area (Å²) in [4.78, 5) is 63.3. The highest BCUT2D eigenvalue weighted by Gasteiger charge is 2.30. The molecule has 0 saturated heterocycles. The van der Waals surface area contributed by atoms with E-state index in [1.807, 2.05) is 13.8 Å². The summed E-state index contributed by atoms with van der Waals surface area (Å²) >= 11 is 0. The molecule has 0 bridgehead atoms. The molecule has 2 unspecified atom stereocenters. The molecule has 0 radical (unpaired) electrons. The van der Waals surface area contributed by atoms with Gasteiger partial charge < -0.3 is 19.7 Å². The summed E-state index contributed by atoms with van der Waals surface area (Å²) in [5.41, 5.74) is -3.27. The summed E-state index contributed by atoms with van der Waals surface area (Å²) in [6, 6.07) is 0. The van der Waals surface area contributed by atoms with Crippen LogP contribution in [0.2, 0.25) is 0 Å². The molecule has 0 saturated carbocycles. The van der Waals surface area contributed by atoms with Crippen molar-refractivity contribution in [3.05, 3.63) is 44.1 Å². The Kier molecular flexibility index (Phi) is 17.4. The number of aliphatic hydroxyl groups excluding tert-OH is 2. The maximum atomic E-state index is 13.2. The molecule has 0 aliphatic rings. The van der Waals surface area contributed by atoms with Crippen molar-refractivity contribution in [2.24, 2.45) is 5.41 Å². The van der Waals surface area contributed by atoms with Gasteiger partial charge >= 0.3 is 29.0 Å². The van der Waals surface area contributed by atoms with E-state index in [1.165, 1.54) is 27.7 Å². The molecule has 12 nitrogen and oxygen atoms in total. The predicted octanol–water partition coefficient (Wildman–Crippen LogP) is 3.08. The molecule has 1 rings (SSSR count). The van der Waals surface area contributed by atoms with E-state index in [2.05, 4.69) is 27.4 Å². The number of carbonyl (C=O) groups is 2. The lowest BCUT2D eigenvalue weighted by molar-refractivity contribution is -0.147. The molecular formula is C30H51N3O9S2. The van der Waals surface area contributed by atoms with Crippen LogP contribution in [0.4, 0.5) is 0 Å². The van der Waals surface area contributed by atoms with E-state index in [1.54, 1.807) is 6.92 Å². The number of aliphatic hydroxyl groups is 2. The van der Waals surface area contributed by atoms with Gasteiger partial charge in [0, 0.05) is 11.5 Å². The highest BCUT2D eigenvalue weighted by molar-refractivity contribution is 8.76. The Morgan fingerprint density at radius 3 is 1.75 bits per heavy atom. The monoisotopic (exact) mass is 661 g/mol. The van der Waals surface area contributed by atoms with E-state index in [9.17, 15) is 34.2 Å². The van der Waals surface area contributed by atoms with Crippen LogP contribution in [0.25, 0.3) is 0 Å². The minimum Gasteiger partial charge on any atom is -0.463 e. The number of ether oxygens (including phenoxy) is 2. The highest BCUT2D eigenvalue weighted by atomic mass is 33.1. The molecule has 252 valence electrons. The summed E-state index contributed by atoms with van der Waals surface area (Å²) < 4.78 is 13.0. The van der Waals surface area contributed by atoms with Gasteiger partial charge in [0.1, 0.15) is 19.3 Å². The van der Waals surface area contributed by atoms with Gasteiger partial charge in [-0.25, -0.2) is 28.1 Å². The number of allylic oxidation sites excluding steroid dienone is 1. The number of hydrogen-bond donors (Lipinski definition) is 2. The van der Waals surface area contributed by atoms with Gasteiger partial charge in [0.2, 0.25) is 0 Å². The number of carbonyl (C=O) groups excluding carboxylic acids is 2. The topological polar surface area (TPSA) is 159 Å². The Hall–Kier alpha value is -2.29. The van der Waals surface area contributed by atoms with E-state index < -0.39 is 53.9 Å². The van der Waals surface area contributed by atoms with Crippen molar-refractivity contribution in [1.29, 1.82) is 0 Å². The van der Waals surface area contributed by atoms with E-state index in [0.29, 0.717) is 30.8 Å². The van der Waals surface area contributed by atoms with E-state index in [0.717, 1.165) is 26.5 Å². The number of rotatable bonds is 22. The second-order valence-corrected chi connectivity index (χ2v) is 14.1. The third kappa shape index (κ3) is 11.9. The van der Waals surface area contributed by atoms with Crippen LogP contribution in [-0.2, 0) is 37.7 Å². The van der Waals surface area contributed by atoms with Crippen molar-refractivity contribution in [2.75, 3.05) is 24.7 Å². The van der Waals surface area contributed by atoms with Crippen molar-refractivity contribution in [3.63, 3.8) is 0 Å². The molecule has 14 heteroatoms. The largest absolute Gasteiger partial charge is 0.463 e. The minimum atomic E-state index is -1.36. The Bertz CT molecular complexity index is 1250. The third-order valence-electron chi connectivity index (χ3n) is 8.25. The number of aromatic nitrogens is 3. The van der Waals surface area contributed by atoms with Crippen molar-refractivity contribution < 1.29 is 29.3 Å². The van der Waals surface area contributed by atoms with Gasteiger partial charge in [-0.15, -0.1) is 6.58 Å². The fourth-order valence-electron chi connectivity index (χ4n) is 4.42. The first kappa shape index (κ1) is 39.7. The third-order valence-corrected chi connectivity index (χ3v) is 10.7. The maximum absolute atomic E-state index is 13.2. The fourth-order valence-corrected chi connectivity index (χ4v) is 6.37. The predicted molar refractivity (Wildman–Crippen MR) is 175 cm³/mol. The second-order valence-electron chi connectivity index (χ2n) is 11.4. The van der Waals surface area contributed by atoms with Crippen molar-refractivity contribution in [1.82, 2.24) is 13.7 Å². The van der Waals surface area contributed by atoms with Crippen LogP contribution < -0.4 is 17.1 Å². The first-order valence-corrected chi connectivity index (χ1v) is 17.7. The van der Waals surface area contributed by atoms with E-state index in [-0.39, 0.29) is 37.4 Å². The van der Waals surface area contributed by atoms with Gasteiger partial charge in [0.05, 0.1) is 37.6 Å². The van der Waals surface area contributed by atoms with Gasteiger partial charge in [-0.2, -0.15) is 0 Å². The molecule has 0 aliphatic carbocycles. The Balaban J connectivity index is 2.53. The Morgan fingerprint density at radius 1 is 0.818 bits per heavy atom. The molecule has 1 aromatic heterocycles. The molecule has 0 amide bonds. The lowest BCUT2D eigenvalue weighted by atomic mass is 9.80. The molecule has 0 aromatic carbocycles. The summed E-state index contributed by atoms with van der Waals surface area (Å²) in [5, 5.41) is 20.7. The molecule has 1 aromatic rings. The average Bonchev–Trinajstić information content (AvgIpc) is 3.00. The lowest BCUT2D eigenvalue weighted by Crippen LogP contribution is -2.60. The van der Waals surface area contributed by atoms with Gasteiger partial charge in [-0.1, -0.05) is 75.1 Å².